The third-order valence-corrected chi connectivity index (χ3v) is 1.97. The molecule has 0 unspecified atom stereocenters. The molecule has 0 spiro atoms. The van der Waals surface area contributed by atoms with Crippen LogP contribution in [0.5, 0.6) is 0 Å². The molecule has 0 aliphatic heterocycles. The number of ketones is 2. The molecule has 14 heavy (non-hydrogen) atoms. The van der Waals surface area contributed by atoms with Gasteiger partial charge in [-0.3, -0.25) is 9.59 Å². The first-order valence-corrected chi connectivity index (χ1v) is 4.64. The summed E-state index contributed by atoms with van der Waals surface area (Å²) in [5.74, 6) is -0.0801. The molecule has 0 bridgehead atoms. The van der Waals surface area contributed by atoms with Gasteiger partial charge in [-0.15, -0.1) is 0 Å². The maximum Gasteiger partial charge on any atom is 0.144 e. The van der Waals surface area contributed by atoms with Crippen molar-refractivity contribution >= 4 is 11.6 Å². The Morgan fingerprint density at radius 2 is 1.71 bits per heavy atom. The highest BCUT2D eigenvalue weighted by molar-refractivity contribution is 5.98. The Bertz CT molecular complexity index is 336. The number of rotatable bonds is 4. The Hall–Kier alpha value is -1.44. The highest BCUT2D eigenvalue weighted by Crippen LogP contribution is 2.05. The first-order valence-electron chi connectivity index (χ1n) is 4.64. The van der Waals surface area contributed by atoms with Crippen molar-refractivity contribution in [3.8, 4) is 0 Å². The molecule has 0 heterocycles. The van der Waals surface area contributed by atoms with Crippen LogP contribution in [0.3, 0.4) is 0 Å². The minimum atomic E-state index is -0.0675. The van der Waals surface area contributed by atoms with Gasteiger partial charge in [0.15, 0.2) is 0 Å². The van der Waals surface area contributed by atoms with Gasteiger partial charge in [0.25, 0.3) is 0 Å². The largest absolute Gasteiger partial charge is 0.300 e. The minimum Gasteiger partial charge on any atom is -0.300 e. The first kappa shape index (κ1) is 10.6. The van der Waals surface area contributed by atoms with Crippen molar-refractivity contribution in [3.05, 3.63) is 35.4 Å². The van der Waals surface area contributed by atoms with Gasteiger partial charge in [-0.05, 0) is 19.4 Å². The molecular formula is C12H14O2. The Morgan fingerprint density at radius 3 is 2.21 bits per heavy atom. The molecule has 0 fully saturated rings. The number of carbonyl (C=O) groups excluding carboxylic acids is 2. The summed E-state index contributed by atoms with van der Waals surface area (Å²) in [4.78, 5) is 22.0. The standard InChI is InChI=1S/C12H14O2/c1-9-3-5-11(6-4-9)8-12(14)7-10(2)13/h3-6H,7-8H2,1-2H3. The number of hydrogen-bond donors (Lipinski definition) is 0. The predicted molar refractivity (Wildman–Crippen MR) is 55.2 cm³/mol. The highest BCUT2D eigenvalue weighted by Gasteiger charge is 2.05. The van der Waals surface area contributed by atoms with Crippen molar-refractivity contribution in [1.82, 2.24) is 0 Å². The normalized spacial score (nSPS) is 9.86. The molecule has 0 N–H and O–H groups in total. The Kier molecular flexibility index (Phi) is 3.57. The van der Waals surface area contributed by atoms with Crippen LogP contribution >= 0.6 is 0 Å². The lowest BCUT2D eigenvalue weighted by Gasteiger charge is -1.99. The predicted octanol–water partition coefficient (Wildman–Crippen LogP) is 2.09. The van der Waals surface area contributed by atoms with Crippen molar-refractivity contribution in [2.75, 3.05) is 0 Å². The summed E-state index contributed by atoms with van der Waals surface area (Å²) in [6.45, 7) is 3.44. The van der Waals surface area contributed by atoms with Gasteiger partial charge in [0.2, 0.25) is 0 Å². The molecule has 0 saturated carbocycles. The fraction of sp³-hybridized carbons (Fsp3) is 0.333. The maximum absolute atomic E-state index is 11.3. The minimum absolute atomic E-state index is 0.0126. The molecule has 1 aromatic rings. The van der Waals surface area contributed by atoms with Crippen LogP contribution in [0.4, 0.5) is 0 Å². The summed E-state index contributed by atoms with van der Waals surface area (Å²) in [6.07, 6.45) is 0.410. The van der Waals surface area contributed by atoms with E-state index in [9.17, 15) is 9.59 Å². The smallest absolute Gasteiger partial charge is 0.144 e. The number of benzene rings is 1. The van der Waals surface area contributed by atoms with Crippen LogP contribution in [0, 0.1) is 6.92 Å². The van der Waals surface area contributed by atoms with E-state index in [1.165, 1.54) is 12.5 Å². The second-order valence-electron chi connectivity index (χ2n) is 3.58. The van der Waals surface area contributed by atoms with Gasteiger partial charge < -0.3 is 0 Å². The van der Waals surface area contributed by atoms with E-state index < -0.39 is 0 Å². The lowest BCUT2D eigenvalue weighted by molar-refractivity contribution is -0.125. The average molecular weight is 190 g/mol. The van der Waals surface area contributed by atoms with E-state index in [1.54, 1.807) is 0 Å². The second-order valence-corrected chi connectivity index (χ2v) is 3.58. The molecule has 0 amide bonds. The fourth-order valence-corrected chi connectivity index (χ4v) is 1.27. The molecule has 0 aliphatic rings. The molecule has 0 aromatic heterocycles. The van der Waals surface area contributed by atoms with E-state index in [4.69, 9.17) is 0 Å². The molecule has 0 aliphatic carbocycles. The monoisotopic (exact) mass is 190 g/mol. The molecule has 0 atom stereocenters. The molecule has 74 valence electrons. The lowest BCUT2D eigenvalue weighted by Crippen LogP contribution is -2.07. The molecular weight excluding hydrogens is 176 g/mol. The van der Waals surface area contributed by atoms with E-state index in [0.29, 0.717) is 6.42 Å². The summed E-state index contributed by atoms with van der Waals surface area (Å²) in [6, 6.07) is 7.79. The van der Waals surface area contributed by atoms with Gasteiger partial charge in [-0.1, -0.05) is 29.8 Å². The fourth-order valence-electron chi connectivity index (χ4n) is 1.27. The highest BCUT2D eigenvalue weighted by atomic mass is 16.1. The van der Waals surface area contributed by atoms with Crippen LogP contribution in [0.15, 0.2) is 24.3 Å². The van der Waals surface area contributed by atoms with Crippen molar-refractivity contribution < 1.29 is 9.59 Å². The molecule has 0 saturated heterocycles. The van der Waals surface area contributed by atoms with Crippen LogP contribution < -0.4 is 0 Å². The van der Waals surface area contributed by atoms with Crippen molar-refractivity contribution in [2.24, 2.45) is 0 Å². The summed E-state index contributed by atoms with van der Waals surface area (Å²) < 4.78 is 0. The van der Waals surface area contributed by atoms with Crippen LogP contribution in [-0.4, -0.2) is 11.6 Å². The van der Waals surface area contributed by atoms with Crippen LogP contribution in [0.25, 0.3) is 0 Å². The topological polar surface area (TPSA) is 34.1 Å². The van der Waals surface area contributed by atoms with E-state index in [0.717, 1.165) is 5.56 Å². The third kappa shape index (κ3) is 3.52. The van der Waals surface area contributed by atoms with Crippen molar-refractivity contribution in [3.63, 3.8) is 0 Å². The van der Waals surface area contributed by atoms with E-state index in [2.05, 4.69) is 0 Å². The third-order valence-electron chi connectivity index (χ3n) is 1.97. The first-order chi connectivity index (χ1) is 6.58. The number of Topliss-reactive ketones (excluding diaryl/α,β-unsaturated/α-hetero) is 2. The zero-order valence-corrected chi connectivity index (χ0v) is 8.54. The van der Waals surface area contributed by atoms with Crippen molar-refractivity contribution in [1.29, 1.82) is 0 Å². The Morgan fingerprint density at radius 1 is 1.14 bits per heavy atom. The van der Waals surface area contributed by atoms with Gasteiger partial charge in [-0.25, -0.2) is 0 Å². The number of hydrogen-bond acceptors (Lipinski definition) is 2. The quantitative estimate of drug-likeness (QED) is 0.681. The van der Waals surface area contributed by atoms with E-state index in [1.807, 2.05) is 31.2 Å². The van der Waals surface area contributed by atoms with Gasteiger partial charge in [-0.2, -0.15) is 0 Å². The second kappa shape index (κ2) is 4.70. The van der Waals surface area contributed by atoms with Gasteiger partial charge in [0, 0.05) is 6.42 Å². The maximum atomic E-state index is 11.3. The van der Waals surface area contributed by atoms with Gasteiger partial charge >= 0.3 is 0 Å². The number of aryl methyl sites for hydroxylation is 1. The zero-order valence-electron chi connectivity index (χ0n) is 8.54. The summed E-state index contributed by atoms with van der Waals surface area (Å²) >= 11 is 0. The van der Waals surface area contributed by atoms with Crippen LogP contribution in [0.2, 0.25) is 0 Å². The molecule has 1 aromatic carbocycles. The Balaban J connectivity index is 2.56. The summed E-state index contributed by atoms with van der Waals surface area (Å²) in [5.41, 5.74) is 2.15. The molecule has 2 nitrogen and oxygen atoms in total. The molecule has 1 rings (SSSR count). The van der Waals surface area contributed by atoms with Gasteiger partial charge in [0.1, 0.15) is 11.6 Å². The van der Waals surface area contributed by atoms with Crippen molar-refractivity contribution in [2.45, 2.75) is 26.7 Å². The summed E-state index contributed by atoms with van der Waals surface area (Å²) in [5, 5.41) is 0. The van der Waals surface area contributed by atoms with Gasteiger partial charge in [0.05, 0.1) is 6.42 Å². The summed E-state index contributed by atoms with van der Waals surface area (Å²) in [7, 11) is 0. The van der Waals surface area contributed by atoms with Crippen LogP contribution in [-0.2, 0) is 16.0 Å². The van der Waals surface area contributed by atoms with E-state index in [-0.39, 0.29) is 18.0 Å². The number of carbonyl (C=O) groups is 2. The molecule has 0 radical (unpaired) electrons. The lowest BCUT2D eigenvalue weighted by atomic mass is 10.0. The Labute approximate surface area is 83.9 Å². The average Bonchev–Trinajstić information content (AvgIpc) is 2.07. The zero-order chi connectivity index (χ0) is 10.6. The molecule has 2 heteroatoms. The van der Waals surface area contributed by atoms with E-state index >= 15 is 0 Å². The van der Waals surface area contributed by atoms with Crippen LogP contribution in [0.1, 0.15) is 24.5 Å². The SMILES string of the molecule is CC(=O)CC(=O)Cc1ccc(C)cc1.